The molecule has 1 aromatic rings. The molecule has 0 heterocycles. The van der Waals surface area contributed by atoms with Crippen LogP contribution in [0.4, 0.5) is 0 Å². The largest absolute Gasteiger partial charge is 0.465 e. The summed E-state index contributed by atoms with van der Waals surface area (Å²) in [6.07, 6.45) is 0. The van der Waals surface area contributed by atoms with E-state index in [9.17, 15) is 9.59 Å². The van der Waals surface area contributed by atoms with Crippen molar-refractivity contribution in [3.8, 4) is 0 Å². The summed E-state index contributed by atoms with van der Waals surface area (Å²) in [6.45, 7) is 7.77. The van der Waals surface area contributed by atoms with E-state index in [0.29, 0.717) is 5.56 Å². The van der Waals surface area contributed by atoms with Crippen LogP contribution >= 0.6 is 0 Å². The normalized spacial score (nSPS) is 11.2. The number of carbonyl (C=O) groups is 2. The number of rotatable bonds is 6. The molecule has 0 unspecified atom stereocenters. The first-order valence-corrected chi connectivity index (χ1v) is 6.71. The van der Waals surface area contributed by atoms with Crippen molar-refractivity contribution in [3.63, 3.8) is 0 Å². The quantitative estimate of drug-likeness (QED) is 0.750. The van der Waals surface area contributed by atoms with Crippen LogP contribution in [0.1, 0.15) is 38.1 Å². The molecule has 110 valence electrons. The van der Waals surface area contributed by atoms with Crippen molar-refractivity contribution in [1.82, 2.24) is 0 Å². The Morgan fingerprint density at radius 2 is 1.60 bits per heavy atom. The molecule has 0 N–H and O–H groups in total. The van der Waals surface area contributed by atoms with E-state index in [0.717, 1.165) is 0 Å². The molecule has 0 aliphatic carbocycles. The second-order valence-electron chi connectivity index (χ2n) is 5.87. The SMILES string of the molecule is CC(C)C(=O)OCC(C)(C)COC(=O)c1ccccc1. The minimum atomic E-state index is -0.408. The molecule has 0 amide bonds. The lowest BCUT2D eigenvalue weighted by molar-refractivity contribution is -0.151. The molecule has 0 radical (unpaired) electrons. The highest BCUT2D eigenvalue weighted by atomic mass is 16.5. The summed E-state index contributed by atoms with van der Waals surface area (Å²) in [5, 5.41) is 0. The van der Waals surface area contributed by atoms with Gasteiger partial charge < -0.3 is 9.47 Å². The van der Waals surface area contributed by atoms with Crippen LogP contribution in [-0.4, -0.2) is 25.2 Å². The number of carbonyl (C=O) groups excluding carboxylic acids is 2. The third-order valence-corrected chi connectivity index (χ3v) is 2.68. The average molecular weight is 278 g/mol. The van der Waals surface area contributed by atoms with E-state index < -0.39 is 5.41 Å². The third-order valence-electron chi connectivity index (χ3n) is 2.68. The molecule has 0 fully saturated rings. The molecule has 1 aromatic carbocycles. The molecular weight excluding hydrogens is 256 g/mol. The van der Waals surface area contributed by atoms with Crippen LogP contribution in [0.15, 0.2) is 30.3 Å². The molecule has 0 saturated heterocycles. The van der Waals surface area contributed by atoms with Gasteiger partial charge in [0.15, 0.2) is 0 Å². The zero-order valence-electron chi connectivity index (χ0n) is 12.5. The number of benzene rings is 1. The van der Waals surface area contributed by atoms with E-state index >= 15 is 0 Å². The van der Waals surface area contributed by atoms with Gasteiger partial charge in [-0.1, -0.05) is 45.9 Å². The summed E-state index contributed by atoms with van der Waals surface area (Å²) in [5.41, 5.74) is 0.108. The van der Waals surface area contributed by atoms with Crippen LogP contribution in [-0.2, 0) is 14.3 Å². The number of hydrogen-bond donors (Lipinski definition) is 0. The topological polar surface area (TPSA) is 52.6 Å². The Hall–Kier alpha value is -1.84. The van der Waals surface area contributed by atoms with Crippen LogP contribution in [0, 0.1) is 11.3 Å². The maximum absolute atomic E-state index is 11.8. The lowest BCUT2D eigenvalue weighted by Gasteiger charge is -2.24. The van der Waals surface area contributed by atoms with Gasteiger partial charge in [-0.15, -0.1) is 0 Å². The fourth-order valence-corrected chi connectivity index (χ4v) is 1.39. The first-order valence-electron chi connectivity index (χ1n) is 6.71. The Labute approximate surface area is 120 Å². The maximum Gasteiger partial charge on any atom is 0.338 e. The zero-order chi connectivity index (χ0) is 15.2. The van der Waals surface area contributed by atoms with E-state index in [1.165, 1.54) is 0 Å². The molecule has 0 saturated carbocycles. The first-order chi connectivity index (χ1) is 9.32. The van der Waals surface area contributed by atoms with Crippen LogP contribution < -0.4 is 0 Å². The summed E-state index contributed by atoms with van der Waals surface area (Å²) in [4.78, 5) is 23.2. The molecular formula is C16H22O4. The van der Waals surface area contributed by atoms with Crippen molar-refractivity contribution >= 4 is 11.9 Å². The maximum atomic E-state index is 11.8. The van der Waals surface area contributed by atoms with Gasteiger partial charge in [0.1, 0.15) is 0 Å². The van der Waals surface area contributed by atoms with E-state index in [4.69, 9.17) is 9.47 Å². The van der Waals surface area contributed by atoms with Crippen LogP contribution in [0.2, 0.25) is 0 Å². The fraction of sp³-hybridized carbons (Fsp3) is 0.500. The Morgan fingerprint density at radius 1 is 1.05 bits per heavy atom. The second-order valence-corrected chi connectivity index (χ2v) is 5.87. The lowest BCUT2D eigenvalue weighted by Crippen LogP contribution is -2.29. The van der Waals surface area contributed by atoms with Crippen LogP contribution in [0.3, 0.4) is 0 Å². The molecule has 0 bridgehead atoms. The van der Waals surface area contributed by atoms with Crippen LogP contribution in [0.5, 0.6) is 0 Å². The van der Waals surface area contributed by atoms with Gasteiger partial charge in [-0.2, -0.15) is 0 Å². The number of esters is 2. The van der Waals surface area contributed by atoms with Gasteiger partial charge in [-0.25, -0.2) is 4.79 Å². The highest BCUT2D eigenvalue weighted by molar-refractivity contribution is 5.89. The van der Waals surface area contributed by atoms with E-state index in [1.54, 1.807) is 38.1 Å². The van der Waals surface area contributed by atoms with E-state index in [1.807, 2.05) is 19.9 Å². The lowest BCUT2D eigenvalue weighted by atomic mass is 9.96. The third kappa shape index (κ3) is 5.43. The predicted octanol–water partition coefficient (Wildman–Crippen LogP) is 3.07. The number of ether oxygens (including phenoxy) is 2. The summed E-state index contributed by atoms with van der Waals surface area (Å²) in [7, 11) is 0. The predicted molar refractivity (Wildman–Crippen MR) is 76.3 cm³/mol. The smallest absolute Gasteiger partial charge is 0.338 e. The van der Waals surface area contributed by atoms with Crippen molar-refractivity contribution in [1.29, 1.82) is 0 Å². The van der Waals surface area contributed by atoms with Crippen molar-refractivity contribution in [2.24, 2.45) is 11.3 Å². The summed E-state index contributed by atoms with van der Waals surface area (Å²) in [6, 6.07) is 8.81. The van der Waals surface area contributed by atoms with Crippen molar-refractivity contribution in [2.45, 2.75) is 27.7 Å². The standard InChI is InChI=1S/C16H22O4/c1-12(2)14(17)19-10-16(3,4)11-20-15(18)13-8-6-5-7-9-13/h5-9,12H,10-11H2,1-4H3. The highest BCUT2D eigenvalue weighted by Crippen LogP contribution is 2.18. The molecule has 4 heteroatoms. The van der Waals surface area contributed by atoms with Gasteiger partial charge in [-0.05, 0) is 12.1 Å². The molecule has 0 aromatic heterocycles. The highest BCUT2D eigenvalue weighted by Gasteiger charge is 2.23. The first kappa shape index (κ1) is 16.2. The summed E-state index contributed by atoms with van der Waals surface area (Å²) < 4.78 is 10.4. The number of hydrogen-bond acceptors (Lipinski definition) is 4. The molecule has 1 rings (SSSR count). The van der Waals surface area contributed by atoms with E-state index in [-0.39, 0.29) is 31.1 Å². The summed E-state index contributed by atoms with van der Waals surface area (Å²) >= 11 is 0. The minimum Gasteiger partial charge on any atom is -0.465 e. The average Bonchev–Trinajstić information content (AvgIpc) is 2.43. The zero-order valence-corrected chi connectivity index (χ0v) is 12.5. The summed E-state index contributed by atoms with van der Waals surface area (Å²) in [5.74, 6) is -0.765. The Morgan fingerprint density at radius 3 is 2.15 bits per heavy atom. The van der Waals surface area contributed by atoms with Gasteiger partial charge >= 0.3 is 11.9 Å². The minimum absolute atomic E-state index is 0.155. The molecule has 0 aliphatic heterocycles. The van der Waals surface area contributed by atoms with Gasteiger partial charge in [0.2, 0.25) is 0 Å². The second kappa shape index (κ2) is 7.08. The molecule has 0 aliphatic rings. The molecule has 0 atom stereocenters. The Bertz CT molecular complexity index is 449. The van der Waals surface area contributed by atoms with Gasteiger partial charge in [0.25, 0.3) is 0 Å². The van der Waals surface area contributed by atoms with Gasteiger partial charge in [0, 0.05) is 5.41 Å². The molecule has 0 spiro atoms. The molecule has 4 nitrogen and oxygen atoms in total. The van der Waals surface area contributed by atoms with Crippen molar-refractivity contribution < 1.29 is 19.1 Å². The molecule has 20 heavy (non-hydrogen) atoms. The Kier molecular flexibility index (Phi) is 5.74. The van der Waals surface area contributed by atoms with Crippen molar-refractivity contribution in [3.05, 3.63) is 35.9 Å². The van der Waals surface area contributed by atoms with Gasteiger partial charge in [0.05, 0.1) is 24.7 Å². The fourth-order valence-electron chi connectivity index (χ4n) is 1.39. The van der Waals surface area contributed by atoms with Gasteiger partial charge in [-0.3, -0.25) is 4.79 Å². The monoisotopic (exact) mass is 278 g/mol. The van der Waals surface area contributed by atoms with E-state index in [2.05, 4.69) is 0 Å². The van der Waals surface area contributed by atoms with Crippen molar-refractivity contribution in [2.75, 3.05) is 13.2 Å². The van der Waals surface area contributed by atoms with Crippen LogP contribution in [0.25, 0.3) is 0 Å². The Balaban J connectivity index is 2.43.